The molecule has 0 radical (unpaired) electrons. The van der Waals surface area contributed by atoms with E-state index in [0.717, 1.165) is 12.1 Å². The summed E-state index contributed by atoms with van der Waals surface area (Å²) in [5, 5.41) is 13.4. The first-order valence-electron chi connectivity index (χ1n) is 4.98. The summed E-state index contributed by atoms with van der Waals surface area (Å²) in [6, 6.07) is 2.41. The van der Waals surface area contributed by atoms with Crippen molar-refractivity contribution in [2.75, 3.05) is 12.4 Å². The highest BCUT2D eigenvalue weighted by Crippen LogP contribution is 2.33. The molecule has 1 aromatic carbocycles. The third-order valence-corrected chi connectivity index (χ3v) is 2.63. The Kier molecular flexibility index (Phi) is 4.00. The average Bonchev–Trinajstić information content (AvgIpc) is 2.72. The van der Waals surface area contributed by atoms with Crippen molar-refractivity contribution in [1.82, 2.24) is 15.5 Å². The maximum atomic E-state index is 13.0. The van der Waals surface area contributed by atoms with Gasteiger partial charge in [0.05, 0.1) is 22.3 Å². The molecule has 5 nitrogen and oxygen atoms in total. The number of hydrogen-bond acceptors (Lipinski definition) is 5. The lowest BCUT2D eigenvalue weighted by Gasteiger charge is -2.06. The predicted octanol–water partition coefficient (Wildman–Crippen LogP) is 2.98. The molecule has 8 heteroatoms. The molecular formula is C10H9Cl2FN4O. The molecule has 0 aliphatic heterocycles. The molecule has 0 bridgehead atoms. The van der Waals surface area contributed by atoms with Crippen LogP contribution in [0.4, 0.5) is 16.1 Å². The molecule has 0 spiro atoms. The molecule has 18 heavy (non-hydrogen) atoms. The highest BCUT2D eigenvalue weighted by Gasteiger charge is 2.12. The molecule has 2 aromatic rings. The van der Waals surface area contributed by atoms with Gasteiger partial charge in [-0.05, 0) is 19.2 Å². The van der Waals surface area contributed by atoms with Crippen LogP contribution < -0.4 is 10.6 Å². The van der Waals surface area contributed by atoms with Gasteiger partial charge in [-0.2, -0.15) is 0 Å². The van der Waals surface area contributed by atoms with Crippen LogP contribution in [-0.2, 0) is 6.54 Å². The van der Waals surface area contributed by atoms with Crippen molar-refractivity contribution in [1.29, 1.82) is 0 Å². The van der Waals surface area contributed by atoms with Crippen LogP contribution in [0.5, 0.6) is 0 Å². The molecule has 0 unspecified atom stereocenters. The van der Waals surface area contributed by atoms with Gasteiger partial charge in [0, 0.05) is 0 Å². The third kappa shape index (κ3) is 2.90. The van der Waals surface area contributed by atoms with Gasteiger partial charge in [-0.15, -0.1) is 5.10 Å². The molecule has 0 aliphatic carbocycles. The Hall–Kier alpha value is -1.37. The van der Waals surface area contributed by atoms with Crippen LogP contribution in [0.25, 0.3) is 0 Å². The summed E-state index contributed by atoms with van der Waals surface area (Å²) in [6.07, 6.45) is 0. The van der Waals surface area contributed by atoms with Gasteiger partial charge >= 0.3 is 6.01 Å². The van der Waals surface area contributed by atoms with Gasteiger partial charge in [-0.25, -0.2) is 4.39 Å². The highest BCUT2D eigenvalue weighted by molar-refractivity contribution is 6.39. The first kappa shape index (κ1) is 13.1. The van der Waals surface area contributed by atoms with Crippen molar-refractivity contribution in [3.05, 3.63) is 33.9 Å². The normalized spacial score (nSPS) is 10.7. The zero-order chi connectivity index (χ0) is 13.1. The summed E-state index contributed by atoms with van der Waals surface area (Å²) >= 11 is 11.7. The lowest BCUT2D eigenvalue weighted by Crippen LogP contribution is -2.04. The fraction of sp³-hybridized carbons (Fsp3) is 0.200. The topological polar surface area (TPSA) is 63.0 Å². The summed E-state index contributed by atoms with van der Waals surface area (Å²) in [5.41, 5.74) is 0.319. The van der Waals surface area contributed by atoms with E-state index in [0.29, 0.717) is 18.1 Å². The van der Waals surface area contributed by atoms with Gasteiger partial charge in [0.15, 0.2) is 0 Å². The molecule has 1 aromatic heterocycles. The number of rotatable bonds is 4. The number of aromatic nitrogens is 2. The average molecular weight is 291 g/mol. The summed E-state index contributed by atoms with van der Waals surface area (Å²) in [5.74, 6) is -0.105. The van der Waals surface area contributed by atoms with Gasteiger partial charge in [0.1, 0.15) is 5.82 Å². The van der Waals surface area contributed by atoms with Crippen LogP contribution in [0, 0.1) is 5.82 Å². The fourth-order valence-electron chi connectivity index (χ4n) is 1.30. The Balaban J connectivity index is 2.22. The molecule has 0 atom stereocenters. The van der Waals surface area contributed by atoms with E-state index >= 15 is 0 Å². The lowest BCUT2D eigenvalue weighted by molar-refractivity contribution is 0.493. The molecule has 0 aliphatic rings. The molecule has 0 fully saturated rings. The molecule has 0 saturated carbocycles. The summed E-state index contributed by atoms with van der Waals surface area (Å²) in [6.45, 7) is 0.444. The zero-order valence-electron chi connectivity index (χ0n) is 9.30. The Labute approximate surface area is 112 Å². The molecule has 2 rings (SSSR count). The van der Waals surface area contributed by atoms with Gasteiger partial charge < -0.3 is 15.1 Å². The lowest BCUT2D eigenvalue weighted by atomic mass is 10.3. The molecule has 2 N–H and O–H groups in total. The second-order valence-corrected chi connectivity index (χ2v) is 4.22. The number of benzene rings is 1. The highest BCUT2D eigenvalue weighted by atomic mass is 35.5. The summed E-state index contributed by atoms with van der Waals surface area (Å²) < 4.78 is 18.3. The smallest absolute Gasteiger partial charge is 0.320 e. The number of nitrogens with one attached hydrogen (secondary N) is 2. The van der Waals surface area contributed by atoms with Crippen molar-refractivity contribution in [2.45, 2.75) is 6.54 Å². The summed E-state index contributed by atoms with van der Waals surface area (Å²) in [7, 11) is 1.75. The van der Waals surface area contributed by atoms with Gasteiger partial charge in [-0.1, -0.05) is 28.3 Å². The van der Waals surface area contributed by atoms with Crippen LogP contribution in [0.2, 0.25) is 10.0 Å². The number of anilines is 2. The Morgan fingerprint density at radius 1 is 1.28 bits per heavy atom. The Morgan fingerprint density at radius 2 is 1.94 bits per heavy atom. The second-order valence-electron chi connectivity index (χ2n) is 3.40. The summed E-state index contributed by atoms with van der Waals surface area (Å²) in [4.78, 5) is 0. The maximum Gasteiger partial charge on any atom is 0.320 e. The number of hydrogen-bond donors (Lipinski definition) is 2. The van der Waals surface area contributed by atoms with Gasteiger partial charge in [-0.3, -0.25) is 0 Å². The molecule has 1 heterocycles. The first-order valence-corrected chi connectivity index (χ1v) is 5.74. The minimum atomic E-state index is -0.517. The fourth-order valence-corrected chi connectivity index (χ4v) is 1.85. The largest absolute Gasteiger partial charge is 0.406 e. The molecule has 0 amide bonds. The van der Waals surface area contributed by atoms with Crippen LogP contribution in [0.3, 0.4) is 0 Å². The first-order chi connectivity index (χ1) is 8.60. The second kappa shape index (κ2) is 5.51. The number of nitrogens with zero attached hydrogens (tertiary/aromatic N) is 2. The maximum absolute atomic E-state index is 13.0. The zero-order valence-corrected chi connectivity index (χ0v) is 10.8. The van der Waals surface area contributed by atoms with Gasteiger partial charge in [0.25, 0.3) is 0 Å². The molecule has 96 valence electrons. The van der Waals surface area contributed by atoms with Crippen molar-refractivity contribution in [3.8, 4) is 0 Å². The van der Waals surface area contributed by atoms with E-state index in [1.165, 1.54) is 0 Å². The standard InChI is InChI=1S/C10H9Cl2FN4O/c1-14-4-8-16-17-10(18-8)15-9-6(11)2-5(13)3-7(9)12/h2-3,14H,4H2,1H3,(H,15,17). The van der Waals surface area contributed by atoms with Crippen molar-refractivity contribution in [2.24, 2.45) is 0 Å². The monoisotopic (exact) mass is 290 g/mol. The van der Waals surface area contributed by atoms with Crippen molar-refractivity contribution in [3.63, 3.8) is 0 Å². The van der Waals surface area contributed by atoms with E-state index in [-0.39, 0.29) is 16.1 Å². The van der Waals surface area contributed by atoms with Crippen LogP contribution in [0.15, 0.2) is 16.5 Å². The van der Waals surface area contributed by atoms with E-state index in [2.05, 4.69) is 20.8 Å². The Bertz CT molecular complexity index is 538. The number of halogens is 3. The van der Waals surface area contributed by atoms with E-state index < -0.39 is 5.82 Å². The van der Waals surface area contributed by atoms with Crippen LogP contribution >= 0.6 is 23.2 Å². The van der Waals surface area contributed by atoms with Gasteiger partial charge in [0.2, 0.25) is 5.89 Å². The van der Waals surface area contributed by atoms with E-state index in [1.54, 1.807) is 7.05 Å². The molecular weight excluding hydrogens is 282 g/mol. The van der Waals surface area contributed by atoms with E-state index in [4.69, 9.17) is 27.6 Å². The minimum Gasteiger partial charge on any atom is -0.406 e. The van der Waals surface area contributed by atoms with E-state index in [1.807, 2.05) is 0 Å². The van der Waals surface area contributed by atoms with Crippen molar-refractivity contribution < 1.29 is 8.81 Å². The van der Waals surface area contributed by atoms with Crippen LogP contribution in [0.1, 0.15) is 5.89 Å². The quantitative estimate of drug-likeness (QED) is 0.906. The van der Waals surface area contributed by atoms with E-state index in [9.17, 15) is 4.39 Å². The minimum absolute atomic E-state index is 0.133. The van der Waals surface area contributed by atoms with Crippen molar-refractivity contribution >= 4 is 34.9 Å². The third-order valence-electron chi connectivity index (χ3n) is 2.03. The molecule has 0 saturated heterocycles. The Morgan fingerprint density at radius 3 is 2.56 bits per heavy atom. The predicted molar refractivity (Wildman–Crippen MR) is 66.8 cm³/mol. The van der Waals surface area contributed by atoms with Crippen LogP contribution in [-0.4, -0.2) is 17.2 Å². The SMILES string of the molecule is CNCc1nnc(Nc2c(Cl)cc(F)cc2Cl)o1.